The summed E-state index contributed by atoms with van der Waals surface area (Å²) in [7, 11) is -7.69. The lowest BCUT2D eigenvalue weighted by Crippen LogP contribution is -2.24. The Morgan fingerprint density at radius 1 is 1.04 bits per heavy atom. The molecule has 0 radical (unpaired) electrons. The highest BCUT2D eigenvalue weighted by molar-refractivity contribution is 7.91. The van der Waals surface area contributed by atoms with Crippen LogP contribution in [0.4, 0.5) is 5.69 Å². The highest BCUT2D eigenvalue weighted by Crippen LogP contribution is 2.34. The monoisotopic (exact) mass is 412 g/mol. The number of hydrogen-bond acceptors (Lipinski definition) is 7. The second kappa shape index (κ2) is 7.02. The number of fused-ring (bicyclic) bond motifs is 1. The van der Waals surface area contributed by atoms with Gasteiger partial charge in [0.15, 0.2) is 21.3 Å². The quantitative estimate of drug-likeness (QED) is 0.764. The van der Waals surface area contributed by atoms with E-state index in [9.17, 15) is 16.8 Å². The summed E-state index contributed by atoms with van der Waals surface area (Å²) in [4.78, 5) is 1.50. The lowest BCUT2D eigenvalue weighted by Gasteiger charge is -2.26. The van der Waals surface area contributed by atoms with Gasteiger partial charge in [-0.1, -0.05) is 6.07 Å². The number of ether oxygens (including phenoxy) is 2. The molecule has 3 rings (SSSR count). The predicted octanol–water partition coefficient (Wildman–Crippen LogP) is 1.49. The maximum absolute atomic E-state index is 12.3. The van der Waals surface area contributed by atoms with Gasteiger partial charge in [0, 0.05) is 19.3 Å². The van der Waals surface area contributed by atoms with Crippen molar-refractivity contribution < 1.29 is 26.3 Å². The van der Waals surface area contributed by atoms with Crippen LogP contribution in [0.2, 0.25) is 0 Å². The molecule has 0 fully saturated rings. The van der Waals surface area contributed by atoms with Gasteiger partial charge in [-0.2, -0.15) is 0 Å². The molecule has 2 aromatic carbocycles. The minimum Gasteiger partial charge on any atom is -0.454 e. The Kier molecular flexibility index (Phi) is 5.06. The molecule has 0 aromatic heterocycles. The Hall–Kier alpha value is -2.30. The number of rotatable bonds is 6. The van der Waals surface area contributed by atoms with E-state index in [1.54, 1.807) is 6.07 Å². The predicted molar refractivity (Wildman–Crippen MR) is 100 cm³/mol. The molecule has 2 aromatic rings. The van der Waals surface area contributed by atoms with Crippen molar-refractivity contribution in [3.63, 3.8) is 0 Å². The van der Waals surface area contributed by atoms with Crippen molar-refractivity contribution in [3.8, 4) is 11.5 Å². The summed E-state index contributed by atoms with van der Waals surface area (Å²) in [5, 5.41) is 5.14. The average molecular weight is 412 g/mol. The SMILES string of the molecule is CCN(Cc1ccc2c(c1)OCO2)c1ccc(S(N)(=O)=O)cc1S(C)(=O)=O. The number of nitrogens with zero attached hydrogens (tertiary/aromatic N) is 1. The fourth-order valence-electron chi connectivity index (χ4n) is 2.86. The van der Waals surface area contributed by atoms with E-state index in [1.165, 1.54) is 12.1 Å². The minimum absolute atomic E-state index is 0.0865. The Balaban J connectivity index is 2.02. The second-order valence-corrected chi connectivity index (χ2v) is 9.69. The van der Waals surface area contributed by atoms with E-state index in [-0.39, 0.29) is 16.6 Å². The first-order valence-electron chi connectivity index (χ1n) is 8.10. The van der Waals surface area contributed by atoms with Crippen molar-refractivity contribution in [1.82, 2.24) is 0 Å². The van der Waals surface area contributed by atoms with Crippen molar-refractivity contribution in [2.24, 2.45) is 5.14 Å². The number of nitrogens with two attached hydrogens (primary N) is 1. The Morgan fingerprint density at radius 3 is 2.37 bits per heavy atom. The molecule has 1 aliphatic rings. The van der Waals surface area contributed by atoms with E-state index in [1.807, 2.05) is 24.0 Å². The molecule has 0 saturated carbocycles. The van der Waals surface area contributed by atoms with Crippen LogP contribution in [-0.2, 0) is 26.4 Å². The van der Waals surface area contributed by atoms with Crippen LogP contribution in [0.15, 0.2) is 46.2 Å². The maximum atomic E-state index is 12.3. The molecule has 10 heteroatoms. The van der Waals surface area contributed by atoms with E-state index < -0.39 is 19.9 Å². The van der Waals surface area contributed by atoms with Crippen LogP contribution in [0.1, 0.15) is 12.5 Å². The zero-order valence-electron chi connectivity index (χ0n) is 14.9. The van der Waals surface area contributed by atoms with E-state index in [0.717, 1.165) is 17.9 Å². The Labute approximate surface area is 158 Å². The molecule has 0 saturated heterocycles. The molecule has 27 heavy (non-hydrogen) atoms. The minimum atomic E-state index is -4.01. The molecule has 146 valence electrons. The highest BCUT2D eigenvalue weighted by atomic mass is 32.2. The molecule has 0 spiro atoms. The highest BCUT2D eigenvalue weighted by Gasteiger charge is 2.22. The number of sulfonamides is 1. The first kappa shape index (κ1) is 19.5. The standard InChI is InChI=1S/C17H20N2O6S2/c1-3-19(10-12-4-7-15-16(8-12)25-11-24-15)14-6-5-13(27(18,22)23)9-17(14)26(2,20)21/h4-9H,3,10-11H2,1-2H3,(H2,18,22,23). The fraction of sp³-hybridized carbons (Fsp3) is 0.294. The number of anilines is 1. The molecular formula is C17H20N2O6S2. The van der Waals surface area contributed by atoms with E-state index in [2.05, 4.69) is 0 Å². The number of hydrogen-bond donors (Lipinski definition) is 1. The van der Waals surface area contributed by atoms with E-state index in [4.69, 9.17) is 14.6 Å². The topological polar surface area (TPSA) is 116 Å². The Morgan fingerprint density at radius 2 is 1.74 bits per heavy atom. The van der Waals surface area contributed by atoms with Crippen LogP contribution < -0.4 is 19.5 Å². The van der Waals surface area contributed by atoms with Gasteiger partial charge in [-0.3, -0.25) is 0 Å². The fourth-order valence-corrected chi connectivity index (χ4v) is 4.39. The largest absolute Gasteiger partial charge is 0.454 e. The van der Waals surface area contributed by atoms with E-state index in [0.29, 0.717) is 30.3 Å². The van der Waals surface area contributed by atoms with Gasteiger partial charge < -0.3 is 14.4 Å². The van der Waals surface area contributed by atoms with Gasteiger partial charge in [-0.05, 0) is 42.8 Å². The smallest absolute Gasteiger partial charge is 0.238 e. The van der Waals surface area contributed by atoms with E-state index >= 15 is 0 Å². The van der Waals surface area contributed by atoms with Crippen molar-refractivity contribution >= 4 is 25.5 Å². The summed E-state index contributed by atoms with van der Waals surface area (Å²) in [6, 6.07) is 9.38. The summed E-state index contributed by atoms with van der Waals surface area (Å²) < 4.78 is 58.4. The first-order chi connectivity index (χ1) is 12.6. The van der Waals surface area contributed by atoms with Gasteiger partial charge in [-0.25, -0.2) is 22.0 Å². The first-order valence-corrected chi connectivity index (χ1v) is 11.5. The van der Waals surface area contributed by atoms with Gasteiger partial charge in [0.1, 0.15) is 0 Å². The van der Waals surface area contributed by atoms with Crippen molar-refractivity contribution in [2.45, 2.75) is 23.3 Å². The number of benzene rings is 2. The number of primary sulfonamides is 1. The van der Waals surface area contributed by atoms with Gasteiger partial charge in [0.2, 0.25) is 16.8 Å². The van der Waals surface area contributed by atoms with Gasteiger partial charge in [-0.15, -0.1) is 0 Å². The van der Waals surface area contributed by atoms with Crippen molar-refractivity contribution in [3.05, 3.63) is 42.0 Å². The third-order valence-corrected chi connectivity index (χ3v) is 6.23. The molecular weight excluding hydrogens is 392 g/mol. The molecule has 0 amide bonds. The molecule has 0 atom stereocenters. The second-order valence-electron chi connectivity index (χ2n) is 6.15. The summed E-state index contributed by atoms with van der Waals surface area (Å²) >= 11 is 0. The molecule has 2 N–H and O–H groups in total. The third kappa shape index (κ3) is 4.18. The molecule has 0 bridgehead atoms. The Bertz CT molecular complexity index is 1080. The summed E-state index contributed by atoms with van der Waals surface area (Å²) in [5.74, 6) is 1.30. The molecule has 1 aliphatic heterocycles. The summed E-state index contributed by atoms with van der Waals surface area (Å²) in [6.07, 6.45) is 1.03. The van der Waals surface area contributed by atoms with Gasteiger partial charge >= 0.3 is 0 Å². The van der Waals surface area contributed by atoms with Crippen LogP contribution >= 0.6 is 0 Å². The normalized spacial score (nSPS) is 13.6. The number of sulfone groups is 1. The lowest BCUT2D eigenvalue weighted by molar-refractivity contribution is 0.174. The molecule has 0 unspecified atom stereocenters. The maximum Gasteiger partial charge on any atom is 0.238 e. The van der Waals surface area contributed by atoms with Crippen LogP contribution in [-0.4, -0.2) is 36.4 Å². The van der Waals surface area contributed by atoms with Crippen LogP contribution in [0, 0.1) is 0 Å². The average Bonchev–Trinajstić information content (AvgIpc) is 3.05. The molecule has 0 aliphatic carbocycles. The van der Waals surface area contributed by atoms with Crippen LogP contribution in [0.3, 0.4) is 0 Å². The van der Waals surface area contributed by atoms with Crippen molar-refractivity contribution in [1.29, 1.82) is 0 Å². The van der Waals surface area contributed by atoms with Crippen molar-refractivity contribution in [2.75, 3.05) is 24.5 Å². The zero-order valence-corrected chi connectivity index (χ0v) is 16.5. The van der Waals surface area contributed by atoms with Gasteiger partial charge in [0.05, 0.1) is 15.5 Å². The zero-order chi connectivity index (χ0) is 19.8. The molecule has 1 heterocycles. The molecule has 8 nitrogen and oxygen atoms in total. The van der Waals surface area contributed by atoms with Crippen LogP contribution in [0.5, 0.6) is 11.5 Å². The summed E-state index contributed by atoms with van der Waals surface area (Å²) in [5.41, 5.74) is 1.31. The van der Waals surface area contributed by atoms with Gasteiger partial charge in [0.25, 0.3) is 0 Å². The third-order valence-electron chi connectivity index (χ3n) is 4.19. The lowest BCUT2D eigenvalue weighted by atomic mass is 10.1. The summed E-state index contributed by atoms with van der Waals surface area (Å²) in [6.45, 7) is 2.96. The van der Waals surface area contributed by atoms with Crippen LogP contribution in [0.25, 0.3) is 0 Å².